The van der Waals surface area contributed by atoms with Crippen LogP contribution in [0, 0.1) is 6.92 Å². The van der Waals surface area contributed by atoms with Crippen LogP contribution in [0.5, 0.6) is 0 Å². The quantitative estimate of drug-likeness (QED) is 0.846. The van der Waals surface area contributed by atoms with Crippen molar-refractivity contribution in [3.05, 3.63) is 35.4 Å². The van der Waals surface area contributed by atoms with Crippen LogP contribution in [0.1, 0.15) is 31.0 Å². The summed E-state index contributed by atoms with van der Waals surface area (Å²) >= 11 is 0. The predicted molar refractivity (Wildman–Crippen MR) is 70.9 cm³/mol. The Morgan fingerprint density at radius 3 is 2.65 bits per heavy atom. The summed E-state index contributed by atoms with van der Waals surface area (Å²) in [6.07, 6.45) is 0. The number of aryl methyl sites for hydroxylation is 1. The van der Waals surface area contributed by atoms with E-state index in [1.54, 1.807) is 4.90 Å². The summed E-state index contributed by atoms with van der Waals surface area (Å²) in [5.74, 6) is 0.132. The van der Waals surface area contributed by atoms with Crippen LogP contribution < -0.4 is 5.32 Å². The van der Waals surface area contributed by atoms with Gasteiger partial charge in [-0.15, -0.1) is 0 Å². The number of benzene rings is 1. The fourth-order valence-electron chi connectivity index (χ4n) is 1.73. The van der Waals surface area contributed by atoms with Gasteiger partial charge in [0.2, 0.25) is 5.91 Å². The molecule has 0 saturated carbocycles. The molecule has 3 nitrogen and oxygen atoms in total. The van der Waals surface area contributed by atoms with Crippen LogP contribution in [0.15, 0.2) is 24.3 Å². The summed E-state index contributed by atoms with van der Waals surface area (Å²) in [6.45, 7) is 7.29. The topological polar surface area (TPSA) is 32.3 Å². The number of likely N-dealkylation sites (N-methyl/N-ethyl adjacent to an activating group) is 1. The summed E-state index contributed by atoms with van der Waals surface area (Å²) in [6, 6.07) is 8.45. The molecule has 0 aromatic heterocycles. The van der Waals surface area contributed by atoms with E-state index >= 15 is 0 Å². The van der Waals surface area contributed by atoms with E-state index in [0.717, 1.165) is 6.54 Å². The van der Waals surface area contributed by atoms with E-state index in [1.165, 1.54) is 11.1 Å². The van der Waals surface area contributed by atoms with Gasteiger partial charge in [-0.3, -0.25) is 4.79 Å². The highest BCUT2D eigenvalue weighted by atomic mass is 16.2. The van der Waals surface area contributed by atoms with Crippen LogP contribution in [-0.4, -0.2) is 30.9 Å². The molecular formula is C14H22N2O. The largest absolute Gasteiger partial charge is 0.345 e. The SMILES string of the molecule is CCN(C)C(=O)CN[C@H](C)c1ccccc1C. The van der Waals surface area contributed by atoms with E-state index in [2.05, 4.69) is 31.3 Å². The highest BCUT2D eigenvalue weighted by Gasteiger charge is 2.11. The standard InChI is InChI=1S/C14H22N2O/c1-5-16(4)14(17)10-15-12(3)13-9-7-6-8-11(13)2/h6-9,12,15H,5,10H2,1-4H3/t12-/m1/s1. The predicted octanol–water partition coefficient (Wildman–Crippen LogP) is 2.12. The van der Waals surface area contributed by atoms with E-state index < -0.39 is 0 Å². The van der Waals surface area contributed by atoms with Gasteiger partial charge in [0.05, 0.1) is 6.54 Å². The number of rotatable bonds is 5. The second-order valence-electron chi connectivity index (χ2n) is 4.37. The van der Waals surface area contributed by atoms with Gasteiger partial charge < -0.3 is 10.2 Å². The van der Waals surface area contributed by atoms with Crippen LogP contribution in [-0.2, 0) is 4.79 Å². The molecule has 0 heterocycles. The van der Waals surface area contributed by atoms with Crippen LogP contribution in [0.3, 0.4) is 0 Å². The zero-order valence-corrected chi connectivity index (χ0v) is 11.2. The third-order valence-electron chi connectivity index (χ3n) is 3.11. The summed E-state index contributed by atoms with van der Waals surface area (Å²) in [5.41, 5.74) is 2.50. The van der Waals surface area contributed by atoms with Gasteiger partial charge in [-0.2, -0.15) is 0 Å². The molecule has 1 rings (SSSR count). The van der Waals surface area contributed by atoms with E-state index in [0.29, 0.717) is 6.54 Å². The first-order valence-corrected chi connectivity index (χ1v) is 6.09. The van der Waals surface area contributed by atoms with Crippen molar-refractivity contribution in [1.82, 2.24) is 10.2 Å². The Balaban J connectivity index is 2.53. The zero-order chi connectivity index (χ0) is 12.8. The smallest absolute Gasteiger partial charge is 0.236 e. The number of nitrogens with zero attached hydrogens (tertiary/aromatic N) is 1. The first kappa shape index (κ1) is 13.7. The molecule has 1 atom stereocenters. The molecule has 1 amide bonds. The van der Waals surface area contributed by atoms with E-state index in [9.17, 15) is 4.79 Å². The lowest BCUT2D eigenvalue weighted by Crippen LogP contribution is -2.36. The number of carbonyl (C=O) groups excluding carboxylic acids is 1. The molecule has 1 N–H and O–H groups in total. The van der Waals surface area contributed by atoms with Gasteiger partial charge in [-0.05, 0) is 31.9 Å². The Hall–Kier alpha value is -1.35. The normalized spacial score (nSPS) is 12.2. The van der Waals surface area contributed by atoms with Gasteiger partial charge in [0, 0.05) is 19.6 Å². The van der Waals surface area contributed by atoms with Crippen molar-refractivity contribution in [2.24, 2.45) is 0 Å². The number of amides is 1. The molecule has 0 fully saturated rings. The van der Waals surface area contributed by atoms with E-state index in [4.69, 9.17) is 0 Å². The monoisotopic (exact) mass is 234 g/mol. The molecule has 0 aliphatic carbocycles. The molecule has 17 heavy (non-hydrogen) atoms. The van der Waals surface area contributed by atoms with Gasteiger partial charge in [-0.1, -0.05) is 24.3 Å². The van der Waals surface area contributed by atoms with Crippen molar-refractivity contribution in [2.45, 2.75) is 26.8 Å². The molecule has 0 aliphatic rings. The number of carbonyl (C=O) groups is 1. The fourth-order valence-corrected chi connectivity index (χ4v) is 1.73. The Bertz CT molecular complexity index is 376. The average molecular weight is 234 g/mol. The molecule has 0 aliphatic heterocycles. The number of hydrogen-bond acceptors (Lipinski definition) is 2. The molecule has 0 bridgehead atoms. The molecule has 94 valence electrons. The highest BCUT2D eigenvalue weighted by Crippen LogP contribution is 2.16. The Kier molecular flexibility index (Phi) is 5.16. The number of hydrogen-bond donors (Lipinski definition) is 1. The van der Waals surface area contributed by atoms with Crippen molar-refractivity contribution in [3.63, 3.8) is 0 Å². The van der Waals surface area contributed by atoms with Crippen molar-refractivity contribution in [3.8, 4) is 0 Å². The molecule has 0 spiro atoms. The third kappa shape index (κ3) is 3.86. The molecule has 1 aromatic carbocycles. The van der Waals surface area contributed by atoms with Crippen molar-refractivity contribution >= 4 is 5.91 Å². The van der Waals surface area contributed by atoms with E-state index in [-0.39, 0.29) is 11.9 Å². The minimum Gasteiger partial charge on any atom is -0.345 e. The van der Waals surface area contributed by atoms with Gasteiger partial charge >= 0.3 is 0 Å². The van der Waals surface area contributed by atoms with Gasteiger partial charge in [0.15, 0.2) is 0 Å². The molecule has 0 unspecified atom stereocenters. The van der Waals surface area contributed by atoms with Gasteiger partial charge in [0.25, 0.3) is 0 Å². The lowest BCUT2D eigenvalue weighted by atomic mass is 10.0. The summed E-state index contributed by atoms with van der Waals surface area (Å²) in [4.78, 5) is 13.4. The van der Waals surface area contributed by atoms with Crippen LogP contribution in [0.25, 0.3) is 0 Å². The van der Waals surface area contributed by atoms with Crippen LogP contribution >= 0.6 is 0 Å². The summed E-state index contributed by atoms with van der Waals surface area (Å²) < 4.78 is 0. The molecule has 0 saturated heterocycles. The lowest BCUT2D eigenvalue weighted by Gasteiger charge is -2.19. The lowest BCUT2D eigenvalue weighted by molar-refractivity contribution is -0.128. The average Bonchev–Trinajstić information content (AvgIpc) is 2.35. The first-order valence-electron chi connectivity index (χ1n) is 6.09. The Morgan fingerprint density at radius 1 is 1.41 bits per heavy atom. The maximum Gasteiger partial charge on any atom is 0.236 e. The fraction of sp³-hybridized carbons (Fsp3) is 0.500. The molecular weight excluding hydrogens is 212 g/mol. The van der Waals surface area contributed by atoms with Gasteiger partial charge in [0.1, 0.15) is 0 Å². The van der Waals surface area contributed by atoms with E-state index in [1.807, 2.05) is 26.1 Å². The zero-order valence-electron chi connectivity index (χ0n) is 11.2. The Morgan fingerprint density at radius 2 is 2.06 bits per heavy atom. The maximum atomic E-state index is 11.7. The van der Waals surface area contributed by atoms with Crippen molar-refractivity contribution in [2.75, 3.05) is 20.1 Å². The summed E-state index contributed by atoms with van der Waals surface area (Å²) in [7, 11) is 1.82. The first-order chi connectivity index (χ1) is 8.06. The molecule has 1 aromatic rings. The Labute approximate surface area is 104 Å². The minimum absolute atomic E-state index is 0.132. The molecule has 0 radical (unpaired) electrons. The van der Waals surface area contributed by atoms with Crippen LogP contribution in [0.4, 0.5) is 0 Å². The van der Waals surface area contributed by atoms with Crippen LogP contribution in [0.2, 0.25) is 0 Å². The van der Waals surface area contributed by atoms with Crippen molar-refractivity contribution < 1.29 is 4.79 Å². The second-order valence-corrected chi connectivity index (χ2v) is 4.37. The number of nitrogens with one attached hydrogen (secondary N) is 1. The molecule has 3 heteroatoms. The highest BCUT2D eigenvalue weighted by molar-refractivity contribution is 5.77. The summed E-state index contributed by atoms with van der Waals surface area (Å²) in [5, 5.41) is 3.26. The maximum absolute atomic E-state index is 11.7. The third-order valence-corrected chi connectivity index (χ3v) is 3.11. The second kappa shape index (κ2) is 6.40. The van der Waals surface area contributed by atoms with Gasteiger partial charge in [-0.25, -0.2) is 0 Å². The minimum atomic E-state index is 0.132. The van der Waals surface area contributed by atoms with Crippen molar-refractivity contribution in [1.29, 1.82) is 0 Å².